The largest absolute Gasteiger partial charge is 0.482 e. The lowest BCUT2D eigenvalue weighted by Crippen LogP contribution is -2.58. The lowest BCUT2D eigenvalue weighted by atomic mass is 10.1. The van der Waals surface area contributed by atoms with Crippen molar-refractivity contribution in [3.8, 4) is 5.75 Å². The number of ether oxygens (including phenoxy) is 1. The number of aromatic nitrogens is 1. The molecule has 0 aliphatic carbocycles. The maximum Gasteiger partial charge on any atom is 0.278 e. The lowest BCUT2D eigenvalue weighted by molar-refractivity contribution is 0.0645. The molecule has 0 saturated carbocycles. The van der Waals surface area contributed by atoms with Gasteiger partial charge >= 0.3 is 0 Å². The summed E-state index contributed by atoms with van der Waals surface area (Å²) in [5.41, 5.74) is -1.56. The molecule has 5 rings (SSSR count). The summed E-state index contributed by atoms with van der Waals surface area (Å²) >= 11 is 0. The molecule has 0 unspecified atom stereocenters. The Balaban J connectivity index is 1.58. The fraction of sp³-hybridized carbons (Fsp3) is 0.250. The summed E-state index contributed by atoms with van der Waals surface area (Å²) in [6.45, 7) is 0.0705. The molecule has 8 nitrogen and oxygen atoms in total. The highest BCUT2D eigenvalue weighted by molar-refractivity contribution is 5.99. The minimum atomic E-state index is -1.21. The highest BCUT2D eigenvalue weighted by Crippen LogP contribution is 2.28. The van der Waals surface area contributed by atoms with Crippen molar-refractivity contribution in [3.05, 3.63) is 111 Å². The SMILES string of the molecule is C[C@H]1C=C[C@@H](CF)N2CN1C(=O)c1c(OCc3ccccc3)c(=O)c(C(=O)NCc3c(F)cc(F)cc3F)cn12. The average Bonchev–Trinajstić information content (AvgIpc) is 3.07. The van der Waals surface area contributed by atoms with Crippen molar-refractivity contribution in [2.24, 2.45) is 0 Å². The number of rotatable bonds is 7. The van der Waals surface area contributed by atoms with Gasteiger partial charge in [-0.05, 0) is 12.5 Å². The van der Waals surface area contributed by atoms with Gasteiger partial charge in [0.15, 0.2) is 11.4 Å². The van der Waals surface area contributed by atoms with Crippen molar-refractivity contribution in [3.63, 3.8) is 0 Å². The van der Waals surface area contributed by atoms with E-state index in [0.717, 1.165) is 6.20 Å². The smallest absolute Gasteiger partial charge is 0.278 e. The molecule has 208 valence electrons. The summed E-state index contributed by atoms with van der Waals surface area (Å²) in [4.78, 5) is 41.8. The third-order valence-electron chi connectivity index (χ3n) is 6.83. The molecule has 0 saturated heterocycles. The summed E-state index contributed by atoms with van der Waals surface area (Å²) in [7, 11) is 0. The second-order valence-corrected chi connectivity index (χ2v) is 9.40. The van der Waals surface area contributed by atoms with Gasteiger partial charge in [-0.15, -0.1) is 0 Å². The molecule has 40 heavy (non-hydrogen) atoms. The predicted molar refractivity (Wildman–Crippen MR) is 137 cm³/mol. The Hall–Kier alpha value is -4.61. The van der Waals surface area contributed by atoms with Crippen LogP contribution in [0.4, 0.5) is 17.6 Å². The predicted octanol–water partition coefficient (Wildman–Crippen LogP) is 3.42. The van der Waals surface area contributed by atoms with Crippen LogP contribution in [-0.2, 0) is 13.2 Å². The van der Waals surface area contributed by atoms with Gasteiger partial charge in [0.2, 0.25) is 5.43 Å². The van der Waals surface area contributed by atoms with E-state index in [0.29, 0.717) is 17.7 Å². The zero-order valence-corrected chi connectivity index (χ0v) is 21.2. The minimum Gasteiger partial charge on any atom is -0.482 e. The Bertz CT molecular complexity index is 1540. The molecule has 12 heteroatoms. The fourth-order valence-electron chi connectivity index (χ4n) is 4.63. The molecule has 3 aromatic rings. The molecule has 2 amide bonds. The number of carbonyl (C=O) groups is 2. The lowest BCUT2D eigenvalue weighted by Gasteiger charge is -2.42. The van der Waals surface area contributed by atoms with Gasteiger partial charge < -0.3 is 15.0 Å². The summed E-state index contributed by atoms with van der Waals surface area (Å²) < 4.78 is 62.7. The number of fused-ring (bicyclic) bond motifs is 4. The Kier molecular flexibility index (Phi) is 7.33. The van der Waals surface area contributed by atoms with E-state index in [1.807, 2.05) is 0 Å². The molecule has 1 N–H and O–H groups in total. The number of alkyl halides is 1. The molecule has 2 aromatic carbocycles. The van der Waals surface area contributed by atoms with E-state index in [1.54, 1.807) is 49.4 Å². The van der Waals surface area contributed by atoms with Gasteiger partial charge in [-0.25, -0.2) is 17.6 Å². The second-order valence-electron chi connectivity index (χ2n) is 9.40. The van der Waals surface area contributed by atoms with E-state index in [-0.39, 0.29) is 19.0 Å². The second kappa shape index (κ2) is 10.9. The van der Waals surface area contributed by atoms with E-state index in [4.69, 9.17) is 4.74 Å². The quantitative estimate of drug-likeness (QED) is 0.356. The first-order valence-corrected chi connectivity index (χ1v) is 12.4. The molecule has 2 atom stereocenters. The van der Waals surface area contributed by atoms with Crippen LogP contribution in [0.1, 0.15) is 38.9 Å². The van der Waals surface area contributed by atoms with Crippen LogP contribution in [0.25, 0.3) is 0 Å². The number of halogens is 4. The van der Waals surface area contributed by atoms with Gasteiger partial charge in [0.05, 0.1) is 6.04 Å². The van der Waals surface area contributed by atoms with Gasteiger partial charge in [0.25, 0.3) is 11.8 Å². The highest BCUT2D eigenvalue weighted by atomic mass is 19.1. The first-order chi connectivity index (χ1) is 19.2. The van der Waals surface area contributed by atoms with Crippen LogP contribution in [0.15, 0.2) is 65.6 Å². The number of benzene rings is 2. The van der Waals surface area contributed by atoms with Gasteiger partial charge in [-0.1, -0.05) is 42.5 Å². The van der Waals surface area contributed by atoms with Crippen LogP contribution >= 0.6 is 0 Å². The fourth-order valence-corrected chi connectivity index (χ4v) is 4.63. The average molecular weight is 557 g/mol. The molecule has 2 aliphatic heterocycles. The molecule has 2 bridgehead atoms. The summed E-state index contributed by atoms with van der Waals surface area (Å²) in [5, 5.41) is 3.74. The van der Waals surface area contributed by atoms with E-state index in [2.05, 4.69) is 5.32 Å². The van der Waals surface area contributed by atoms with E-state index in [9.17, 15) is 31.9 Å². The maximum absolute atomic E-state index is 14.1. The molecule has 3 heterocycles. The number of pyridine rings is 1. The van der Waals surface area contributed by atoms with E-state index < -0.39 is 76.9 Å². The zero-order valence-electron chi connectivity index (χ0n) is 21.2. The molecular formula is C28H24F4N4O4. The molecule has 0 spiro atoms. The summed E-state index contributed by atoms with van der Waals surface area (Å²) in [6, 6.07) is 8.48. The molecule has 0 radical (unpaired) electrons. The standard InChI is InChI=1S/C28H24F4N4O4/c1-16-7-8-19(11-29)36-15-34(16)28(39)24-26(40-14-17-5-3-2-4-6-17)25(37)21(13-35(24)36)27(38)33-12-20-22(31)9-18(30)10-23(20)32/h2-10,13,16,19H,11-12,14-15H2,1H3,(H,33,38)/t16-,19-/m0/s1. The number of carbonyl (C=O) groups excluding carboxylic acids is 2. The normalized spacial score (nSPS) is 17.9. The Morgan fingerprint density at radius 3 is 2.45 bits per heavy atom. The summed E-state index contributed by atoms with van der Waals surface area (Å²) in [5.74, 6) is -5.57. The Morgan fingerprint density at radius 2 is 1.77 bits per heavy atom. The van der Waals surface area contributed by atoms with Crippen LogP contribution in [0.5, 0.6) is 5.75 Å². The van der Waals surface area contributed by atoms with Crippen molar-refractivity contribution >= 4 is 11.8 Å². The number of nitrogens with zero attached hydrogens (tertiary/aromatic N) is 3. The van der Waals surface area contributed by atoms with Gasteiger partial charge in [-0.3, -0.25) is 24.1 Å². The van der Waals surface area contributed by atoms with Crippen molar-refractivity contribution in [2.45, 2.75) is 32.2 Å². The van der Waals surface area contributed by atoms with E-state index >= 15 is 0 Å². The topological polar surface area (TPSA) is 83.9 Å². The molecule has 2 aliphatic rings. The van der Waals surface area contributed by atoms with E-state index in [1.165, 1.54) is 14.6 Å². The monoisotopic (exact) mass is 556 g/mol. The number of amides is 2. The van der Waals surface area contributed by atoms with Crippen LogP contribution in [0.2, 0.25) is 0 Å². The van der Waals surface area contributed by atoms with Crippen molar-refractivity contribution in [2.75, 3.05) is 18.4 Å². The third kappa shape index (κ3) is 4.92. The van der Waals surface area contributed by atoms with Gasteiger partial charge in [0.1, 0.15) is 43.0 Å². The molecular weight excluding hydrogens is 532 g/mol. The van der Waals surface area contributed by atoms with Gasteiger partial charge in [-0.2, -0.15) is 0 Å². The third-order valence-corrected chi connectivity index (χ3v) is 6.83. The number of hydrogen-bond acceptors (Lipinski definition) is 5. The summed E-state index contributed by atoms with van der Waals surface area (Å²) in [6.07, 6.45) is 4.35. The van der Waals surface area contributed by atoms with Crippen molar-refractivity contribution in [1.29, 1.82) is 0 Å². The Morgan fingerprint density at radius 1 is 1.07 bits per heavy atom. The van der Waals surface area contributed by atoms with Crippen LogP contribution in [-0.4, -0.2) is 46.8 Å². The first-order valence-electron chi connectivity index (χ1n) is 12.4. The Labute approximate surface area is 226 Å². The number of hydrogen-bond donors (Lipinski definition) is 1. The van der Waals surface area contributed by atoms with Gasteiger partial charge in [0, 0.05) is 36.5 Å². The van der Waals surface area contributed by atoms with Crippen molar-refractivity contribution < 1.29 is 31.9 Å². The van der Waals surface area contributed by atoms with Crippen LogP contribution in [0.3, 0.4) is 0 Å². The van der Waals surface area contributed by atoms with Crippen molar-refractivity contribution in [1.82, 2.24) is 14.9 Å². The number of nitrogens with one attached hydrogen (secondary N) is 1. The molecule has 1 aromatic heterocycles. The highest BCUT2D eigenvalue weighted by Gasteiger charge is 2.40. The van der Waals surface area contributed by atoms with Crippen LogP contribution in [0, 0.1) is 17.5 Å². The minimum absolute atomic E-state index is 0.0390. The first kappa shape index (κ1) is 27.0. The molecule has 0 fully saturated rings. The zero-order chi connectivity index (χ0) is 28.6. The maximum atomic E-state index is 14.1. The van der Waals surface area contributed by atoms with Crippen LogP contribution < -0.4 is 20.5 Å².